The number of carbonyl (C=O) groups excluding carboxylic acids is 1. The number of hydrogen-bond donors (Lipinski definition) is 0. The summed E-state index contributed by atoms with van der Waals surface area (Å²) in [4.78, 5) is 13.9. The van der Waals surface area contributed by atoms with Gasteiger partial charge in [0.2, 0.25) is 5.91 Å². The highest BCUT2D eigenvalue weighted by Gasteiger charge is 2.18. The number of carbonyl (C=O) groups is 1. The second kappa shape index (κ2) is 5.89. The van der Waals surface area contributed by atoms with Gasteiger partial charge in [0.25, 0.3) is 0 Å². The second-order valence-corrected chi connectivity index (χ2v) is 5.80. The zero-order valence-corrected chi connectivity index (χ0v) is 12.0. The maximum atomic E-state index is 12.1. The molecule has 3 heteroatoms. The topological polar surface area (TPSA) is 29.5 Å². The van der Waals surface area contributed by atoms with E-state index in [-0.39, 0.29) is 11.3 Å². The SMILES string of the molecule is COc1ccccc1CC(=O)N(C)CC(C)(C)C. The number of nitrogens with zero attached hydrogens (tertiary/aromatic N) is 1. The highest BCUT2D eigenvalue weighted by molar-refractivity contribution is 5.79. The molecule has 0 aliphatic heterocycles. The molecule has 0 unspecified atom stereocenters. The molecule has 1 aromatic rings. The van der Waals surface area contributed by atoms with Crippen LogP contribution in [-0.4, -0.2) is 31.5 Å². The Hall–Kier alpha value is -1.51. The largest absolute Gasteiger partial charge is 0.496 e. The first-order valence-electron chi connectivity index (χ1n) is 6.19. The molecule has 100 valence electrons. The summed E-state index contributed by atoms with van der Waals surface area (Å²) in [6.07, 6.45) is 0.386. The van der Waals surface area contributed by atoms with Crippen molar-refractivity contribution >= 4 is 5.91 Å². The van der Waals surface area contributed by atoms with Crippen molar-refractivity contribution in [3.8, 4) is 5.75 Å². The third kappa shape index (κ3) is 4.40. The van der Waals surface area contributed by atoms with Crippen molar-refractivity contribution in [1.82, 2.24) is 4.90 Å². The van der Waals surface area contributed by atoms with E-state index in [4.69, 9.17) is 4.74 Å². The van der Waals surface area contributed by atoms with Gasteiger partial charge in [-0.2, -0.15) is 0 Å². The molecular weight excluding hydrogens is 226 g/mol. The molecular formula is C15H23NO2. The van der Waals surface area contributed by atoms with E-state index in [1.165, 1.54) is 0 Å². The third-order valence-electron chi connectivity index (χ3n) is 2.67. The van der Waals surface area contributed by atoms with Gasteiger partial charge in [-0.3, -0.25) is 4.79 Å². The molecule has 0 heterocycles. The monoisotopic (exact) mass is 249 g/mol. The van der Waals surface area contributed by atoms with Gasteiger partial charge in [-0.25, -0.2) is 0 Å². The number of amides is 1. The van der Waals surface area contributed by atoms with Crippen molar-refractivity contribution in [2.75, 3.05) is 20.7 Å². The molecule has 1 aromatic carbocycles. The minimum atomic E-state index is 0.116. The van der Waals surface area contributed by atoms with Gasteiger partial charge in [-0.15, -0.1) is 0 Å². The predicted molar refractivity (Wildman–Crippen MR) is 73.8 cm³/mol. The van der Waals surface area contributed by atoms with E-state index in [1.54, 1.807) is 12.0 Å². The van der Waals surface area contributed by atoms with E-state index >= 15 is 0 Å². The molecule has 0 fully saturated rings. The molecule has 0 N–H and O–H groups in total. The van der Waals surface area contributed by atoms with Gasteiger partial charge in [0.1, 0.15) is 5.75 Å². The first-order valence-corrected chi connectivity index (χ1v) is 6.19. The average Bonchev–Trinajstić information content (AvgIpc) is 2.27. The van der Waals surface area contributed by atoms with Crippen molar-refractivity contribution in [3.63, 3.8) is 0 Å². The molecule has 0 aliphatic rings. The molecule has 0 aliphatic carbocycles. The van der Waals surface area contributed by atoms with Crippen LogP contribution in [0.2, 0.25) is 0 Å². The highest BCUT2D eigenvalue weighted by atomic mass is 16.5. The van der Waals surface area contributed by atoms with E-state index in [9.17, 15) is 4.79 Å². The Bertz CT molecular complexity index is 407. The van der Waals surface area contributed by atoms with Crippen molar-refractivity contribution in [2.45, 2.75) is 27.2 Å². The van der Waals surface area contributed by atoms with E-state index in [0.717, 1.165) is 17.9 Å². The van der Waals surface area contributed by atoms with Crippen LogP contribution in [0.5, 0.6) is 5.75 Å². The van der Waals surface area contributed by atoms with Crippen LogP contribution < -0.4 is 4.74 Å². The van der Waals surface area contributed by atoms with Gasteiger partial charge in [0, 0.05) is 19.2 Å². The van der Waals surface area contributed by atoms with Gasteiger partial charge in [-0.1, -0.05) is 39.0 Å². The number of likely N-dealkylation sites (N-methyl/N-ethyl adjacent to an activating group) is 1. The smallest absolute Gasteiger partial charge is 0.226 e. The van der Waals surface area contributed by atoms with E-state index in [0.29, 0.717) is 6.42 Å². The average molecular weight is 249 g/mol. The lowest BCUT2D eigenvalue weighted by molar-refractivity contribution is -0.130. The Labute approximate surface area is 110 Å². The van der Waals surface area contributed by atoms with Crippen LogP contribution in [0.3, 0.4) is 0 Å². The van der Waals surface area contributed by atoms with Crippen LogP contribution in [0.15, 0.2) is 24.3 Å². The van der Waals surface area contributed by atoms with Crippen LogP contribution in [-0.2, 0) is 11.2 Å². The molecule has 0 bridgehead atoms. The molecule has 3 nitrogen and oxygen atoms in total. The van der Waals surface area contributed by atoms with Crippen molar-refractivity contribution in [1.29, 1.82) is 0 Å². The fourth-order valence-corrected chi connectivity index (χ4v) is 1.95. The molecule has 1 rings (SSSR count). The van der Waals surface area contributed by atoms with Crippen molar-refractivity contribution < 1.29 is 9.53 Å². The summed E-state index contributed by atoms with van der Waals surface area (Å²) in [5.41, 5.74) is 1.05. The van der Waals surface area contributed by atoms with Crippen LogP contribution in [0.4, 0.5) is 0 Å². The molecule has 18 heavy (non-hydrogen) atoms. The summed E-state index contributed by atoms with van der Waals surface area (Å²) in [5.74, 6) is 0.893. The van der Waals surface area contributed by atoms with Gasteiger partial charge >= 0.3 is 0 Å². The maximum absolute atomic E-state index is 12.1. The first kappa shape index (κ1) is 14.6. The zero-order valence-electron chi connectivity index (χ0n) is 12.0. The van der Waals surface area contributed by atoms with Gasteiger partial charge < -0.3 is 9.64 Å². The molecule has 0 radical (unpaired) electrons. The maximum Gasteiger partial charge on any atom is 0.226 e. The van der Waals surface area contributed by atoms with Crippen LogP contribution in [0.25, 0.3) is 0 Å². The van der Waals surface area contributed by atoms with Crippen LogP contribution in [0.1, 0.15) is 26.3 Å². The van der Waals surface area contributed by atoms with Crippen LogP contribution in [0, 0.1) is 5.41 Å². The van der Waals surface area contributed by atoms with E-state index in [2.05, 4.69) is 20.8 Å². The number of methoxy groups -OCH3 is 1. The first-order chi connectivity index (χ1) is 8.33. The van der Waals surface area contributed by atoms with Crippen molar-refractivity contribution in [2.24, 2.45) is 5.41 Å². The van der Waals surface area contributed by atoms with Crippen LogP contribution >= 0.6 is 0 Å². The molecule has 0 spiro atoms. The Morgan fingerprint density at radius 1 is 1.28 bits per heavy atom. The standard InChI is InChI=1S/C15H23NO2/c1-15(2,3)11-16(4)14(17)10-12-8-6-7-9-13(12)18-5/h6-9H,10-11H2,1-5H3. The summed E-state index contributed by atoms with van der Waals surface area (Å²) in [5, 5.41) is 0. The minimum absolute atomic E-state index is 0.116. The third-order valence-corrected chi connectivity index (χ3v) is 2.67. The lowest BCUT2D eigenvalue weighted by atomic mass is 9.96. The van der Waals surface area contributed by atoms with Crippen molar-refractivity contribution in [3.05, 3.63) is 29.8 Å². The Kier molecular flexibility index (Phi) is 4.76. The molecule has 0 aromatic heterocycles. The second-order valence-electron chi connectivity index (χ2n) is 5.80. The number of rotatable bonds is 4. The quantitative estimate of drug-likeness (QED) is 0.821. The lowest BCUT2D eigenvalue weighted by Gasteiger charge is -2.26. The Balaban J connectivity index is 2.70. The minimum Gasteiger partial charge on any atom is -0.496 e. The van der Waals surface area contributed by atoms with E-state index < -0.39 is 0 Å². The highest BCUT2D eigenvalue weighted by Crippen LogP contribution is 2.19. The Morgan fingerprint density at radius 3 is 2.44 bits per heavy atom. The molecule has 0 atom stereocenters. The number of ether oxygens (including phenoxy) is 1. The summed E-state index contributed by atoms with van der Waals surface area (Å²) in [6, 6.07) is 7.65. The number of benzene rings is 1. The Morgan fingerprint density at radius 2 is 1.89 bits per heavy atom. The van der Waals surface area contributed by atoms with Gasteiger partial charge in [0.15, 0.2) is 0 Å². The number of hydrogen-bond acceptors (Lipinski definition) is 2. The predicted octanol–water partition coefficient (Wildman–Crippen LogP) is 2.74. The molecule has 0 saturated heterocycles. The summed E-state index contributed by atoms with van der Waals surface area (Å²) in [7, 11) is 3.48. The molecule has 1 amide bonds. The van der Waals surface area contributed by atoms with Gasteiger partial charge in [-0.05, 0) is 11.5 Å². The fourth-order valence-electron chi connectivity index (χ4n) is 1.95. The normalized spacial score (nSPS) is 11.2. The molecule has 0 saturated carbocycles. The summed E-state index contributed by atoms with van der Waals surface area (Å²) in [6.45, 7) is 7.13. The number of para-hydroxylation sites is 1. The summed E-state index contributed by atoms with van der Waals surface area (Å²) >= 11 is 0. The fraction of sp³-hybridized carbons (Fsp3) is 0.533. The summed E-state index contributed by atoms with van der Waals surface area (Å²) < 4.78 is 5.26. The zero-order chi connectivity index (χ0) is 13.8. The lowest BCUT2D eigenvalue weighted by Crippen LogP contribution is -2.35. The van der Waals surface area contributed by atoms with Gasteiger partial charge in [0.05, 0.1) is 13.5 Å². The van der Waals surface area contributed by atoms with E-state index in [1.807, 2.05) is 31.3 Å².